The maximum Gasteiger partial charge on any atom is 0.189 e. The summed E-state index contributed by atoms with van der Waals surface area (Å²) < 4.78 is 0. The summed E-state index contributed by atoms with van der Waals surface area (Å²) in [7, 11) is 0. The number of rotatable bonds is 3. The minimum absolute atomic E-state index is 0. The molecule has 1 saturated heterocycles. The second kappa shape index (κ2) is 6.64. The number of hydrogen-bond acceptors (Lipinski definition) is 4. The van der Waals surface area contributed by atoms with Gasteiger partial charge in [-0.15, -0.1) is 12.4 Å². The summed E-state index contributed by atoms with van der Waals surface area (Å²) in [5.74, 6) is 1.03. The van der Waals surface area contributed by atoms with Gasteiger partial charge in [0.2, 0.25) is 0 Å². The highest BCUT2D eigenvalue weighted by atomic mass is 35.5. The topological polar surface area (TPSA) is 37.8 Å². The van der Waals surface area contributed by atoms with E-state index in [1.54, 1.807) is 18.0 Å². The van der Waals surface area contributed by atoms with Crippen LogP contribution in [-0.2, 0) is 0 Å². The number of hydrogen-bond donors (Lipinski definition) is 1. The fraction of sp³-hybridized carbons (Fsp3) is 0.600. The van der Waals surface area contributed by atoms with Crippen molar-refractivity contribution in [2.75, 3.05) is 12.3 Å². The molecule has 3 nitrogen and oxygen atoms in total. The first-order chi connectivity index (χ1) is 7.25. The highest BCUT2D eigenvalue weighted by Crippen LogP contribution is 2.20. The summed E-state index contributed by atoms with van der Waals surface area (Å²) >= 11 is 7.60. The molecule has 16 heavy (non-hydrogen) atoms. The monoisotopic (exact) mass is 279 g/mol. The first-order valence-electron chi connectivity index (χ1n) is 5.11. The van der Waals surface area contributed by atoms with Gasteiger partial charge in [-0.2, -0.15) is 0 Å². The highest BCUT2D eigenvalue weighted by Gasteiger charge is 2.14. The number of aryl methyl sites for hydroxylation is 1. The lowest BCUT2D eigenvalue weighted by atomic mass is 10.3. The van der Waals surface area contributed by atoms with Gasteiger partial charge in [0.1, 0.15) is 5.15 Å². The normalized spacial score (nSPS) is 19.5. The summed E-state index contributed by atoms with van der Waals surface area (Å²) in [6.07, 6.45) is 4.31. The Bertz CT molecular complexity index is 343. The van der Waals surface area contributed by atoms with Crippen molar-refractivity contribution in [1.29, 1.82) is 0 Å². The SMILES string of the molecule is Cc1cnc(SCC2CCCN2)nc1Cl.Cl. The molecule has 90 valence electrons. The van der Waals surface area contributed by atoms with E-state index in [1.807, 2.05) is 6.92 Å². The van der Waals surface area contributed by atoms with Gasteiger partial charge >= 0.3 is 0 Å². The molecule has 0 amide bonds. The van der Waals surface area contributed by atoms with Crippen LogP contribution in [0.15, 0.2) is 11.4 Å². The van der Waals surface area contributed by atoms with E-state index in [0.717, 1.165) is 23.0 Å². The van der Waals surface area contributed by atoms with E-state index >= 15 is 0 Å². The first-order valence-corrected chi connectivity index (χ1v) is 6.47. The fourth-order valence-corrected chi connectivity index (χ4v) is 2.65. The zero-order valence-electron chi connectivity index (χ0n) is 9.07. The van der Waals surface area contributed by atoms with E-state index in [0.29, 0.717) is 11.2 Å². The zero-order chi connectivity index (χ0) is 10.7. The van der Waals surface area contributed by atoms with E-state index in [9.17, 15) is 0 Å². The Balaban J connectivity index is 0.00000128. The molecule has 1 unspecified atom stereocenters. The van der Waals surface area contributed by atoms with Gasteiger partial charge < -0.3 is 5.32 Å². The van der Waals surface area contributed by atoms with Gasteiger partial charge in [0, 0.05) is 23.6 Å². The summed E-state index contributed by atoms with van der Waals surface area (Å²) in [5, 5.41) is 4.78. The predicted octanol–water partition coefficient (Wildman–Crippen LogP) is 2.70. The Morgan fingerprint density at radius 1 is 1.62 bits per heavy atom. The van der Waals surface area contributed by atoms with Gasteiger partial charge in [-0.1, -0.05) is 23.4 Å². The van der Waals surface area contributed by atoms with Gasteiger partial charge in [-0.3, -0.25) is 0 Å². The Labute approximate surface area is 111 Å². The number of nitrogens with zero attached hydrogens (tertiary/aromatic N) is 2. The van der Waals surface area contributed by atoms with Crippen LogP contribution in [0.3, 0.4) is 0 Å². The maximum atomic E-state index is 5.93. The Kier molecular flexibility index (Phi) is 5.83. The lowest BCUT2D eigenvalue weighted by Gasteiger charge is -2.08. The van der Waals surface area contributed by atoms with Crippen LogP contribution >= 0.6 is 35.8 Å². The molecule has 6 heteroatoms. The zero-order valence-corrected chi connectivity index (χ0v) is 11.5. The summed E-state index contributed by atoms with van der Waals surface area (Å²) in [5.41, 5.74) is 0.931. The van der Waals surface area contributed by atoms with Crippen LogP contribution < -0.4 is 5.32 Å². The predicted molar refractivity (Wildman–Crippen MR) is 70.8 cm³/mol. The summed E-state index contributed by atoms with van der Waals surface area (Å²) in [4.78, 5) is 8.46. The van der Waals surface area contributed by atoms with Crippen molar-refractivity contribution in [3.05, 3.63) is 16.9 Å². The third kappa shape index (κ3) is 3.77. The molecule has 1 fully saturated rings. The Morgan fingerprint density at radius 3 is 3.06 bits per heavy atom. The maximum absolute atomic E-state index is 5.93. The third-order valence-corrected chi connectivity index (χ3v) is 3.87. The van der Waals surface area contributed by atoms with Gasteiger partial charge in [-0.05, 0) is 26.3 Å². The molecule has 1 atom stereocenters. The molecular weight excluding hydrogens is 265 g/mol. The number of thioether (sulfide) groups is 1. The molecule has 1 aliphatic heterocycles. The van der Waals surface area contributed by atoms with Crippen molar-refractivity contribution < 1.29 is 0 Å². The van der Waals surface area contributed by atoms with Gasteiger partial charge in [0.15, 0.2) is 5.16 Å². The van der Waals surface area contributed by atoms with Crippen LogP contribution in [0.2, 0.25) is 5.15 Å². The molecule has 0 saturated carbocycles. The molecule has 2 heterocycles. The standard InChI is InChI=1S/C10H14ClN3S.ClH/c1-7-5-13-10(14-9(7)11)15-6-8-3-2-4-12-8;/h5,8,12H,2-4,6H2,1H3;1H. The van der Waals surface area contributed by atoms with Crippen molar-refractivity contribution in [1.82, 2.24) is 15.3 Å². The van der Waals surface area contributed by atoms with E-state index in [-0.39, 0.29) is 12.4 Å². The van der Waals surface area contributed by atoms with Gasteiger partial charge in [0.05, 0.1) is 0 Å². The van der Waals surface area contributed by atoms with Crippen molar-refractivity contribution in [3.63, 3.8) is 0 Å². The number of aromatic nitrogens is 2. The second-order valence-electron chi connectivity index (χ2n) is 3.73. The molecule has 1 aliphatic rings. The van der Waals surface area contributed by atoms with Crippen LogP contribution in [-0.4, -0.2) is 28.3 Å². The van der Waals surface area contributed by atoms with Crippen LogP contribution in [0, 0.1) is 6.92 Å². The van der Waals surface area contributed by atoms with Gasteiger partial charge in [0.25, 0.3) is 0 Å². The smallest absolute Gasteiger partial charge is 0.189 e. The Morgan fingerprint density at radius 2 is 2.44 bits per heavy atom. The molecule has 1 aromatic heterocycles. The van der Waals surface area contributed by atoms with E-state index < -0.39 is 0 Å². The second-order valence-corrected chi connectivity index (χ2v) is 5.08. The first kappa shape index (κ1) is 14.0. The molecule has 2 rings (SSSR count). The quantitative estimate of drug-likeness (QED) is 0.525. The molecule has 0 aromatic carbocycles. The largest absolute Gasteiger partial charge is 0.313 e. The third-order valence-electron chi connectivity index (χ3n) is 2.46. The number of nitrogens with one attached hydrogen (secondary N) is 1. The van der Waals surface area contributed by atoms with Crippen molar-refractivity contribution in [2.24, 2.45) is 0 Å². The molecule has 1 aromatic rings. The minimum atomic E-state index is 0. The average Bonchev–Trinajstić information content (AvgIpc) is 2.73. The molecule has 1 N–H and O–H groups in total. The lowest BCUT2D eigenvalue weighted by molar-refractivity contribution is 0.673. The number of halogens is 2. The van der Waals surface area contributed by atoms with Crippen LogP contribution in [0.5, 0.6) is 0 Å². The Hall–Kier alpha value is -0.0300. The van der Waals surface area contributed by atoms with Gasteiger partial charge in [-0.25, -0.2) is 9.97 Å². The van der Waals surface area contributed by atoms with Crippen LogP contribution in [0.1, 0.15) is 18.4 Å². The summed E-state index contributed by atoms with van der Waals surface area (Å²) in [6, 6.07) is 0.610. The van der Waals surface area contributed by atoms with Crippen molar-refractivity contribution >= 4 is 35.8 Å². The van der Waals surface area contributed by atoms with E-state index in [1.165, 1.54) is 12.8 Å². The lowest BCUT2D eigenvalue weighted by Crippen LogP contribution is -2.23. The molecule has 0 aliphatic carbocycles. The highest BCUT2D eigenvalue weighted by molar-refractivity contribution is 7.99. The molecule has 0 radical (unpaired) electrons. The molecule has 0 spiro atoms. The minimum Gasteiger partial charge on any atom is -0.313 e. The molecule has 0 bridgehead atoms. The average molecular weight is 280 g/mol. The van der Waals surface area contributed by atoms with Crippen LogP contribution in [0.4, 0.5) is 0 Å². The van der Waals surface area contributed by atoms with E-state index in [2.05, 4.69) is 15.3 Å². The molecular formula is C10H15Cl2N3S. The van der Waals surface area contributed by atoms with Crippen molar-refractivity contribution in [3.8, 4) is 0 Å². The van der Waals surface area contributed by atoms with E-state index in [4.69, 9.17) is 11.6 Å². The van der Waals surface area contributed by atoms with Crippen molar-refractivity contribution in [2.45, 2.75) is 31.0 Å². The summed E-state index contributed by atoms with van der Waals surface area (Å²) in [6.45, 7) is 3.05. The van der Waals surface area contributed by atoms with Crippen LogP contribution in [0.25, 0.3) is 0 Å². The fourth-order valence-electron chi connectivity index (χ4n) is 1.55.